The standard InChI is InChI=1S/C28H30N2O5/c1-33-24-17-21-14-15-30(26(20-12-8-5-9-13-20)22(21)18-25(24)34-2)28(32)29-23(27(31)35-3)16-19-10-6-4-7-11-19/h4-13,17-18,23,26H,14-16H2,1-3H3,(H,29,32)/t23-,26?/m0/s1. The molecule has 7 nitrogen and oxygen atoms in total. The Morgan fingerprint density at radius 1 is 0.943 bits per heavy atom. The number of benzene rings is 3. The molecule has 7 heteroatoms. The van der Waals surface area contributed by atoms with Crippen LogP contribution in [0.1, 0.15) is 28.3 Å². The highest BCUT2D eigenvalue weighted by atomic mass is 16.5. The Hall–Kier alpha value is -4.00. The third-order valence-corrected chi connectivity index (χ3v) is 6.32. The number of methoxy groups -OCH3 is 3. The summed E-state index contributed by atoms with van der Waals surface area (Å²) in [5, 5.41) is 2.92. The van der Waals surface area contributed by atoms with E-state index in [-0.39, 0.29) is 12.1 Å². The van der Waals surface area contributed by atoms with Gasteiger partial charge < -0.3 is 24.4 Å². The second-order valence-electron chi connectivity index (χ2n) is 8.38. The number of nitrogens with one attached hydrogen (secondary N) is 1. The molecule has 0 radical (unpaired) electrons. The summed E-state index contributed by atoms with van der Waals surface area (Å²) in [7, 11) is 4.54. The monoisotopic (exact) mass is 474 g/mol. The van der Waals surface area contributed by atoms with Gasteiger partial charge in [0.25, 0.3) is 0 Å². The van der Waals surface area contributed by atoms with Crippen molar-refractivity contribution >= 4 is 12.0 Å². The van der Waals surface area contributed by atoms with Crippen LogP contribution in [0.5, 0.6) is 11.5 Å². The first kappa shape index (κ1) is 24.1. The van der Waals surface area contributed by atoms with Crippen LogP contribution in [0.2, 0.25) is 0 Å². The predicted octanol–water partition coefficient (Wildman–Crippen LogP) is 4.15. The number of amides is 2. The number of hydrogen-bond acceptors (Lipinski definition) is 5. The highest BCUT2D eigenvalue weighted by molar-refractivity contribution is 5.84. The summed E-state index contributed by atoms with van der Waals surface area (Å²) >= 11 is 0. The lowest BCUT2D eigenvalue weighted by molar-refractivity contribution is -0.142. The zero-order chi connectivity index (χ0) is 24.8. The maximum Gasteiger partial charge on any atom is 0.328 e. The van der Waals surface area contributed by atoms with Crippen molar-refractivity contribution in [2.24, 2.45) is 0 Å². The quantitative estimate of drug-likeness (QED) is 0.521. The Labute approximate surface area is 205 Å². The first-order valence-corrected chi connectivity index (χ1v) is 11.5. The van der Waals surface area contributed by atoms with Gasteiger partial charge in [-0.05, 0) is 40.8 Å². The first-order chi connectivity index (χ1) is 17.0. The third-order valence-electron chi connectivity index (χ3n) is 6.32. The van der Waals surface area contributed by atoms with Gasteiger partial charge in [0.2, 0.25) is 0 Å². The van der Waals surface area contributed by atoms with E-state index >= 15 is 0 Å². The topological polar surface area (TPSA) is 77.1 Å². The zero-order valence-corrected chi connectivity index (χ0v) is 20.2. The van der Waals surface area contributed by atoms with Crippen LogP contribution in [0.25, 0.3) is 0 Å². The fourth-order valence-electron chi connectivity index (χ4n) is 4.58. The van der Waals surface area contributed by atoms with E-state index in [1.807, 2.05) is 72.8 Å². The largest absolute Gasteiger partial charge is 0.493 e. The summed E-state index contributed by atoms with van der Waals surface area (Å²) in [6.07, 6.45) is 0.985. The molecule has 182 valence electrons. The molecule has 3 aromatic carbocycles. The molecule has 2 atom stereocenters. The molecule has 0 saturated heterocycles. The number of nitrogens with zero attached hydrogens (tertiary/aromatic N) is 1. The second kappa shape index (κ2) is 11.0. The molecule has 0 saturated carbocycles. The fraction of sp³-hybridized carbons (Fsp3) is 0.286. The molecule has 1 N–H and O–H groups in total. The maximum absolute atomic E-state index is 13.6. The molecule has 0 fully saturated rings. The summed E-state index contributed by atoms with van der Waals surface area (Å²) < 4.78 is 16.0. The molecule has 0 aromatic heterocycles. The van der Waals surface area contributed by atoms with E-state index in [0.29, 0.717) is 30.9 Å². The highest BCUT2D eigenvalue weighted by Gasteiger charge is 2.35. The van der Waals surface area contributed by atoms with Crippen molar-refractivity contribution in [2.75, 3.05) is 27.9 Å². The summed E-state index contributed by atoms with van der Waals surface area (Å²) in [5.41, 5.74) is 3.96. The molecule has 1 heterocycles. The van der Waals surface area contributed by atoms with Crippen molar-refractivity contribution in [3.8, 4) is 11.5 Å². The van der Waals surface area contributed by atoms with Crippen LogP contribution in [0.4, 0.5) is 4.79 Å². The van der Waals surface area contributed by atoms with Gasteiger partial charge in [0.15, 0.2) is 11.5 Å². The van der Waals surface area contributed by atoms with Crippen molar-refractivity contribution in [3.63, 3.8) is 0 Å². The van der Waals surface area contributed by atoms with E-state index in [2.05, 4.69) is 5.32 Å². The van der Waals surface area contributed by atoms with E-state index in [1.165, 1.54) is 7.11 Å². The Bertz CT molecular complexity index is 1170. The number of esters is 1. The molecular formula is C28H30N2O5. The highest BCUT2D eigenvalue weighted by Crippen LogP contribution is 2.41. The Kier molecular flexibility index (Phi) is 7.55. The van der Waals surface area contributed by atoms with Crippen LogP contribution in [-0.4, -0.2) is 50.8 Å². The van der Waals surface area contributed by atoms with Gasteiger partial charge in [0, 0.05) is 13.0 Å². The van der Waals surface area contributed by atoms with Crippen molar-refractivity contribution in [1.29, 1.82) is 0 Å². The van der Waals surface area contributed by atoms with Gasteiger partial charge in [0.1, 0.15) is 6.04 Å². The van der Waals surface area contributed by atoms with E-state index < -0.39 is 12.0 Å². The summed E-state index contributed by atoms with van der Waals surface area (Å²) in [4.78, 5) is 28.0. The van der Waals surface area contributed by atoms with Crippen molar-refractivity contribution < 1.29 is 23.8 Å². The van der Waals surface area contributed by atoms with Crippen molar-refractivity contribution in [1.82, 2.24) is 10.2 Å². The maximum atomic E-state index is 13.6. The lowest BCUT2D eigenvalue weighted by atomic mass is 9.88. The molecule has 0 aliphatic carbocycles. The molecule has 1 unspecified atom stereocenters. The normalized spacial score (nSPS) is 15.5. The molecule has 1 aliphatic rings. The SMILES string of the molecule is COC(=O)[C@H](Cc1ccccc1)NC(=O)N1CCc2cc(OC)c(OC)cc2C1c1ccccc1. The van der Waals surface area contributed by atoms with Crippen LogP contribution < -0.4 is 14.8 Å². The number of carbonyl (C=O) groups excluding carboxylic acids is 2. The van der Waals surface area contributed by atoms with Crippen LogP contribution >= 0.6 is 0 Å². The molecule has 2 amide bonds. The second-order valence-corrected chi connectivity index (χ2v) is 8.38. The smallest absolute Gasteiger partial charge is 0.328 e. The number of rotatable bonds is 7. The minimum Gasteiger partial charge on any atom is -0.493 e. The van der Waals surface area contributed by atoms with Gasteiger partial charge in [-0.2, -0.15) is 0 Å². The van der Waals surface area contributed by atoms with Gasteiger partial charge in [-0.1, -0.05) is 60.7 Å². The Morgan fingerprint density at radius 3 is 2.20 bits per heavy atom. The van der Waals surface area contributed by atoms with Gasteiger partial charge in [-0.15, -0.1) is 0 Å². The number of carbonyl (C=O) groups is 2. The number of ether oxygens (including phenoxy) is 3. The van der Waals surface area contributed by atoms with Crippen LogP contribution in [0.15, 0.2) is 72.8 Å². The van der Waals surface area contributed by atoms with Crippen molar-refractivity contribution in [3.05, 3.63) is 95.1 Å². The molecule has 0 spiro atoms. The number of urea groups is 1. The summed E-state index contributed by atoms with van der Waals surface area (Å²) in [5.74, 6) is 0.776. The van der Waals surface area contributed by atoms with E-state index in [0.717, 1.165) is 22.3 Å². The predicted molar refractivity (Wildman–Crippen MR) is 133 cm³/mol. The van der Waals surface area contributed by atoms with E-state index in [4.69, 9.17) is 14.2 Å². The van der Waals surface area contributed by atoms with E-state index in [9.17, 15) is 9.59 Å². The lowest BCUT2D eigenvalue weighted by Crippen LogP contribution is -2.52. The molecule has 0 bridgehead atoms. The van der Waals surface area contributed by atoms with Crippen LogP contribution in [-0.2, 0) is 22.4 Å². The average Bonchev–Trinajstić information content (AvgIpc) is 2.91. The lowest BCUT2D eigenvalue weighted by Gasteiger charge is -2.38. The Balaban J connectivity index is 1.68. The van der Waals surface area contributed by atoms with Crippen LogP contribution in [0.3, 0.4) is 0 Å². The summed E-state index contributed by atoms with van der Waals surface area (Å²) in [6.45, 7) is 0.479. The number of hydrogen-bond donors (Lipinski definition) is 1. The van der Waals surface area contributed by atoms with E-state index in [1.54, 1.807) is 19.1 Å². The average molecular weight is 475 g/mol. The zero-order valence-electron chi connectivity index (χ0n) is 20.2. The van der Waals surface area contributed by atoms with Gasteiger partial charge in [-0.3, -0.25) is 0 Å². The van der Waals surface area contributed by atoms with Crippen LogP contribution in [0, 0.1) is 0 Å². The van der Waals surface area contributed by atoms with Gasteiger partial charge >= 0.3 is 12.0 Å². The Morgan fingerprint density at radius 2 is 1.57 bits per heavy atom. The minimum absolute atomic E-state index is 0.328. The number of fused-ring (bicyclic) bond motifs is 1. The molecule has 3 aromatic rings. The molecule has 35 heavy (non-hydrogen) atoms. The third kappa shape index (κ3) is 5.24. The minimum atomic E-state index is -0.807. The van der Waals surface area contributed by atoms with Gasteiger partial charge in [0.05, 0.1) is 27.4 Å². The fourth-order valence-corrected chi connectivity index (χ4v) is 4.58. The summed E-state index contributed by atoms with van der Waals surface area (Å²) in [6, 6.07) is 21.8. The van der Waals surface area contributed by atoms with Crippen molar-refractivity contribution in [2.45, 2.75) is 24.9 Å². The first-order valence-electron chi connectivity index (χ1n) is 11.5. The molecular weight excluding hydrogens is 444 g/mol. The van der Waals surface area contributed by atoms with Gasteiger partial charge in [-0.25, -0.2) is 9.59 Å². The molecule has 4 rings (SSSR count). The molecule has 1 aliphatic heterocycles.